The second-order valence-electron chi connectivity index (χ2n) is 8.52. The van der Waals surface area contributed by atoms with E-state index in [0.717, 1.165) is 17.5 Å². The summed E-state index contributed by atoms with van der Waals surface area (Å²) in [6.45, 7) is 12.2. The first-order chi connectivity index (χ1) is 12.4. The van der Waals surface area contributed by atoms with Crippen LogP contribution in [0.15, 0.2) is 24.3 Å². The number of unbranched alkanes of at least 4 members (excludes halogenated alkanes) is 3. The van der Waals surface area contributed by atoms with Gasteiger partial charge in [0.25, 0.3) is 11.3 Å². The van der Waals surface area contributed by atoms with Gasteiger partial charge in [0.15, 0.2) is 0 Å². The number of rotatable bonds is 9. The molecule has 0 spiro atoms. The largest absolute Gasteiger partial charge is 0.303 e. The Balaban J connectivity index is 1.65. The number of benzene rings is 1. The highest BCUT2D eigenvalue weighted by atomic mass is 32.2. The molecule has 1 aliphatic carbocycles. The molecule has 0 radical (unpaired) electrons. The van der Waals surface area contributed by atoms with Crippen LogP contribution in [0.1, 0.15) is 58.9 Å². The van der Waals surface area contributed by atoms with Crippen LogP contribution < -0.4 is 4.31 Å². The van der Waals surface area contributed by atoms with Crippen LogP contribution in [0.25, 0.3) is 0 Å². The topological polar surface area (TPSA) is 43.8 Å². The monoisotopic (exact) mass is 378 g/mol. The Kier molecular flexibility index (Phi) is 6.10. The normalized spacial score (nSPS) is 29.0. The van der Waals surface area contributed by atoms with E-state index in [9.17, 15) is 8.76 Å². The number of likely N-dealkylation sites (tertiary alicyclic amines) is 1. The molecular formula is C21H34N2O2S. The number of fused-ring (bicyclic) bond motifs is 1. The van der Waals surface area contributed by atoms with Crippen molar-refractivity contribution in [2.45, 2.75) is 64.8 Å². The molecule has 0 amide bonds. The summed E-state index contributed by atoms with van der Waals surface area (Å²) in [4.78, 5) is 2.64. The number of hydrogen-bond acceptors (Lipinski definition) is 2. The highest BCUT2D eigenvalue weighted by molar-refractivity contribution is 7.80. The zero-order valence-corrected chi connectivity index (χ0v) is 17.5. The van der Waals surface area contributed by atoms with Crippen LogP contribution in [0.5, 0.6) is 0 Å². The molecular weight excluding hydrogens is 344 g/mol. The van der Waals surface area contributed by atoms with Crippen molar-refractivity contribution in [1.82, 2.24) is 4.90 Å². The van der Waals surface area contributed by atoms with Crippen LogP contribution in [0.4, 0.5) is 5.69 Å². The summed E-state index contributed by atoms with van der Waals surface area (Å²) >= 11 is -1.99. The minimum Gasteiger partial charge on any atom is -0.303 e. The van der Waals surface area contributed by atoms with Crippen molar-refractivity contribution in [2.24, 2.45) is 11.8 Å². The molecule has 5 heteroatoms. The third-order valence-electron chi connectivity index (χ3n) is 6.51. The second-order valence-corrected chi connectivity index (χ2v) is 9.37. The maximum atomic E-state index is 11.7. The average Bonchev–Trinajstić information content (AvgIpc) is 2.94. The lowest BCUT2D eigenvalue weighted by atomic mass is 9.92. The van der Waals surface area contributed by atoms with E-state index in [1.165, 1.54) is 50.9 Å². The van der Waals surface area contributed by atoms with E-state index in [2.05, 4.69) is 30.9 Å². The first kappa shape index (κ1) is 19.8. The van der Waals surface area contributed by atoms with Crippen molar-refractivity contribution < 1.29 is 8.76 Å². The molecule has 2 fully saturated rings. The van der Waals surface area contributed by atoms with Crippen LogP contribution in [-0.2, 0) is 16.7 Å². The zero-order chi connectivity index (χ0) is 18.9. The van der Waals surface area contributed by atoms with E-state index >= 15 is 0 Å². The molecule has 4 nitrogen and oxygen atoms in total. The summed E-state index contributed by atoms with van der Waals surface area (Å²) in [5.41, 5.74) is 2.41. The summed E-state index contributed by atoms with van der Waals surface area (Å²) in [6, 6.07) is 8.30. The molecule has 1 saturated heterocycles. The van der Waals surface area contributed by atoms with Crippen LogP contribution in [0, 0.1) is 11.8 Å². The second kappa shape index (κ2) is 7.99. The SMILES string of the molecule is CCCCCCN1CC2C(C1)C2(C)c1cccc(N(C(C)C)S(=O)O)c1. The van der Waals surface area contributed by atoms with Gasteiger partial charge in [-0.25, -0.2) is 4.21 Å². The summed E-state index contributed by atoms with van der Waals surface area (Å²) in [7, 11) is 0. The van der Waals surface area contributed by atoms with Crippen molar-refractivity contribution in [2.75, 3.05) is 23.9 Å². The lowest BCUT2D eigenvalue weighted by Crippen LogP contribution is -2.33. The van der Waals surface area contributed by atoms with Gasteiger partial charge < -0.3 is 4.90 Å². The molecule has 1 aliphatic heterocycles. The molecule has 0 aromatic heterocycles. The molecule has 1 saturated carbocycles. The Morgan fingerprint density at radius 3 is 2.54 bits per heavy atom. The Labute approximate surface area is 161 Å². The Hall–Kier alpha value is -0.910. The maximum absolute atomic E-state index is 11.7. The molecule has 1 heterocycles. The van der Waals surface area contributed by atoms with Gasteiger partial charge in [-0.15, -0.1) is 0 Å². The fourth-order valence-electron chi connectivity index (χ4n) is 4.88. The molecule has 0 bridgehead atoms. The van der Waals surface area contributed by atoms with Gasteiger partial charge in [-0.3, -0.25) is 8.86 Å². The van der Waals surface area contributed by atoms with E-state index in [4.69, 9.17) is 0 Å². The molecule has 1 aromatic rings. The van der Waals surface area contributed by atoms with Gasteiger partial charge in [0, 0.05) is 24.5 Å². The summed E-state index contributed by atoms with van der Waals surface area (Å²) < 4.78 is 23.0. The van der Waals surface area contributed by atoms with Gasteiger partial charge >= 0.3 is 0 Å². The van der Waals surface area contributed by atoms with Crippen molar-refractivity contribution in [3.05, 3.63) is 29.8 Å². The van der Waals surface area contributed by atoms with E-state index in [-0.39, 0.29) is 11.5 Å². The van der Waals surface area contributed by atoms with E-state index in [1.807, 2.05) is 26.0 Å². The van der Waals surface area contributed by atoms with Gasteiger partial charge in [0.1, 0.15) is 0 Å². The summed E-state index contributed by atoms with van der Waals surface area (Å²) in [5.74, 6) is 1.46. The molecule has 3 unspecified atom stereocenters. The van der Waals surface area contributed by atoms with Gasteiger partial charge in [-0.05, 0) is 56.3 Å². The number of nitrogens with zero attached hydrogens (tertiary/aromatic N) is 2. The maximum Gasteiger partial charge on any atom is 0.262 e. The van der Waals surface area contributed by atoms with Crippen LogP contribution in [-0.4, -0.2) is 39.3 Å². The molecule has 3 atom stereocenters. The van der Waals surface area contributed by atoms with Crippen molar-refractivity contribution >= 4 is 17.0 Å². The van der Waals surface area contributed by atoms with Crippen molar-refractivity contribution in [3.63, 3.8) is 0 Å². The third kappa shape index (κ3) is 3.71. The smallest absolute Gasteiger partial charge is 0.262 e. The molecule has 1 aromatic carbocycles. The van der Waals surface area contributed by atoms with Gasteiger partial charge in [0.05, 0.1) is 5.69 Å². The molecule has 146 valence electrons. The lowest BCUT2D eigenvalue weighted by Gasteiger charge is -2.27. The number of hydrogen-bond donors (Lipinski definition) is 1. The minimum atomic E-state index is -1.99. The molecule has 1 N–H and O–H groups in total. The molecule has 3 rings (SSSR count). The average molecular weight is 379 g/mol. The standard InChI is InChI=1S/C21H34N2O2S/c1-5-6-7-8-12-22-14-19-20(15-22)21(19,4)17-10-9-11-18(13-17)23(16(2)3)26(24)25/h9-11,13,16,19-20H,5-8,12,14-15H2,1-4H3,(H,24,25). The van der Waals surface area contributed by atoms with E-state index in [0.29, 0.717) is 0 Å². The number of piperidine rings is 1. The Bertz CT molecular complexity index is 637. The summed E-state index contributed by atoms with van der Waals surface area (Å²) in [6.07, 6.45) is 5.32. The molecule has 26 heavy (non-hydrogen) atoms. The quantitative estimate of drug-likeness (QED) is 0.510. The van der Waals surface area contributed by atoms with Gasteiger partial charge in [-0.1, -0.05) is 45.2 Å². The van der Waals surface area contributed by atoms with Crippen LogP contribution >= 0.6 is 0 Å². The summed E-state index contributed by atoms with van der Waals surface area (Å²) in [5, 5.41) is 0. The highest BCUT2D eigenvalue weighted by Crippen LogP contribution is 2.63. The van der Waals surface area contributed by atoms with Crippen LogP contribution in [0.2, 0.25) is 0 Å². The molecule has 2 aliphatic rings. The van der Waals surface area contributed by atoms with Crippen LogP contribution in [0.3, 0.4) is 0 Å². The first-order valence-corrected chi connectivity index (χ1v) is 11.2. The predicted molar refractivity (Wildman–Crippen MR) is 110 cm³/mol. The fraction of sp³-hybridized carbons (Fsp3) is 0.714. The van der Waals surface area contributed by atoms with Crippen molar-refractivity contribution in [1.29, 1.82) is 0 Å². The third-order valence-corrected chi connectivity index (χ3v) is 7.48. The first-order valence-electron chi connectivity index (χ1n) is 10.1. The van der Waals surface area contributed by atoms with E-state index < -0.39 is 11.3 Å². The minimum absolute atomic E-state index is 0.0128. The number of anilines is 1. The Morgan fingerprint density at radius 1 is 1.27 bits per heavy atom. The Morgan fingerprint density at radius 2 is 1.96 bits per heavy atom. The zero-order valence-electron chi connectivity index (χ0n) is 16.6. The van der Waals surface area contributed by atoms with Crippen molar-refractivity contribution in [3.8, 4) is 0 Å². The predicted octanol–water partition coefficient (Wildman–Crippen LogP) is 4.44. The fourth-order valence-corrected chi connectivity index (χ4v) is 5.54. The van der Waals surface area contributed by atoms with E-state index in [1.54, 1.807) is 4.31 Å². The highest BCUT2D eigenvalue weighted by Gasteiger charge is 2.65. The van der Waals surface area contributed by atoms with Gasteiger partial charge in [-0.2, -0.15) is 0 Å². The lowest BCUT2D eigenvalue weighted by molar-refractivity contribution is 0.271. The van der Waals surface area contributed by atoms with Gasteiger partial charge in [0.2, 0.25) is 0 Å².